The molecule has 0 aromatic heterocycles. The first-order valence-electron chi connectivity index (χ1n) is 6.48. The average Bonchev–Trinajstić information content (AvgIpc) is 2.48. The summed E-state index contributed by atoms with van der Waals surface area (Å²) in [6.45, 7) is 1.63. The number of nitrogens with zero attached hydrogens (tertiary/aromatic N) is 1. The Bertz CT molecular complexity index is 641. The molecule has 2 N–H and O–H groups in total. The minimum Gasteiger partial charge on any atom is -0.483 e. The van der Waals surface area contributed by atoms with Crippen molar-refractivity contribution < 1.29 is 13.9 Å². The lowest BCUT2D eigenvalue weighted by Crippen LogP contribution is -2.31. The second kappa shape index (κ2) is 6.26. The first kappa shape index (κ1) is 14.8. The summed E-state index contributed by atoms with van der Waals surface area (Å²) in [4.78, 5) is 13.5. The monoisotopic (exact) mass is 288 g/mol. The zero-order chi connectivity index (χ0) is 15.4. The third kappa shape index (κ3) is 3.72. The second-order valence-electron chi connectivity index (χ2n) is 4.74. The standard InChI is InChI=1S/C16H17FN2O2/c1-11-3-4-12(17)9-15(11)21-10-16(20)19(2)14-7-5-13(18)6-8-14/h3-9H,10,18H2,1-2H3. The van der Waals surface area contributed by atoms with Crippen molar-refractivity contribution in [2.75, 3.05) is 24.3 Å². The van der Waals surface area contributed by atoms with Gasteiger partial charge in [0.15, 0.2) is 6.61 Å². The highest BCUT2D eigenvalue weighted by Crippen LogP contribution is 2.19. The summed E-state index contributed by atoms with van der Waals surface area (Å²) in [5.41, 5.74) is 7.73. The Morgan fingerprint density at radius 3 is 2.57 bits per heavy atom. The van der Waals surface area contributed by atoms with E-state index in [-0.39, 0.29) is 12.5 Å². The number of amides is 1. The lowest BCUT2D eigenvalue weighted by Gasteiger charge is -2.18. The molecule has 0 aliphatic heterocycles. The molecule has 0 radical (unpaired) electrons. The van der Waals surface area contributed by atoms with Crippen molar-refractivity contribution in [3.8, 4) is 5.75 Å². The van der Waals surface area contributed by atoms with Gasteiger partial charge in [-0.05, 0) is 42.8 Å². The lowest BCUT2D eigenvalue weighted by molar-refractivity contribution is -0.120. The third-order valence-corrected chi connectivity index (χ3v) is 3.16. The molecule has 0 unspecified atom stereocenters. The topological polar surface area (TPSA) is 55.6 Å². The minimum atomic E-state index is -0.394. The van der Waals surface area contributed by atoms with Crippen molar-refractivity contribution in [3.05, 3.63) is 53.8 Å². The molecule has 0 bridgehead atoms. The Balaban J connectivity index is 2.01. The Morgan fingerprint density at radius 2 is 1.90 bits per heavy atom. The molecule has 0 aliphatic rings. The van der Waals surface area contributed by atoms with Gasteiger partial charge in [0, 0.05) is 24.5 Å². The van der Waals surface area contributed by atoms with E-state index in [1.807, 2.05) is 0 Å². The van der Waals surface area contributed by atoms with Crippen molar-refractivity contribution in [3.63, 3.8) is 0 Å². The van der Waals surface area contributed by atoms with Gasteiger partial charge in [0.1, 0.15) is 11.6 Å². The molecule has 5 heteroatoms. The Labute approximate surface area is 122 Å². The van der Waals surface area contributed by atoms with Crippen LogP contribution in [0.5, 0.6) is 5.75 Å². The molecule has 2 rings (SSSR count). The molecule has 0 fully saturated rings. The van der Waals surface area contributed by atoms with Gasteiger partial charge in [0.2, 0.25) is 0 Å². The van der Waals surface area contributed by atoms with Gasteiger partial charge >= 0.3 is 0 Å². The molecule has 0 aliphatic carbocycles. The van der Waals surface area contributed by atoms with Gasteiger partial charge < -0.3 is 15.4 Å². The van der Waals surface area contributed by atoms with E-state index in [2.05, 4.69) is 0 Å². The van der Waals surface area contributed by atoms with Crippen LogP contribution in [0.1, 0.15) is 5.56 Å². The van der Waals surface area contributed by atoms with E-state index in [9.17, 15) is 9.18 Å². The first-order valence-corrected chi connectivity index (χ1v) is 6.48. The third-order valence-electron chi connectivity index (χ3n) is 3.16. The number of halogens is 1. The van der Waals surface area contributed by atoms with Crippen LogP contribution < -0.4 is 15.4 Å². The summed E-state index contributed by atoms with van der Waals surface area (Å²) >= 11 is 0. The molecule has 0 atom stereocenters. The zero-order valence-corrected chi connectivity index (χ0v) is 12.0. The van der Waals surface area contributed by atoms with Crippen molar-refractivity contribution >= 4 is 17.3 Å². The van der Waals surface area contributed by atoms with Crippen LogP contribution in [0.2, 0.25) is 0 Å². The van der Waals surface area contributed by atoms with Gasteiger partial charge in [0.25, 0.3) is 5.91 Å². The number of hydrogen-bond acceptors (Lipinski definition) is 3. The molecule has 0 heterocycles. The zero-order valence-electron chi connectivity index (χ0n) is 12.0. The molecule has 0 saturated carbocycles. The molecule has 21 heavy (non-hydrogen) atoms. The Kier molecular flexibility index (Phi) is 4.42. The molecule has 2 aromatic carbocycles. The molecular weight excluding hydrogens is 271 g/mol. The van der Waals surface area contributed by atoms with E-state index >= 15 is 0 Å². The number of rotatable bonds is 4. The SMILES string of the molecule is Cc1ccc(F)cc1OCC(=O)N(C)c1ccc(N)cc1. The number of aryl methyl sites for hydroxylation is 1. The maximum Gasteiger partial charge on any atom is 0.264 e. The van der Waals surface area contributed by atoms with Gasteiger partial charge in [0.05, 0.1) is 0 Å². The second-order valence-corrected chi connectivity index (χ2v) is 4.74. The molecule has 4 nitrogen and oxygen atoms in total. The van der Waals surface area contributed by atoms with Crippen LogP contribution in [0.4, 0.5) is 15.8 Å². The molecule has 1 amide bonds. The van der Waals surface area contributed by atoms with Crippen LogP contribution in [0, 0.1) is 12.7 Å². The summed E-state index contributed by atoms with van der Waals surface area (Å²) in [6, 6.07) is 11.2. The highest BCUT2D eigenvalue weighted by atomic mass is 19.1. The predicted molar refractivity (Wildman–Crippen MR) is 80.9 cm³/mol. The lowest BCUT2D eigenvalue weighted by atomic mass is 10.2. The quantitative estimate of drug-likeness (QED) is 0.880. The number of hydrogen-bond donors (Lipinski definition) is 1. The number of likely N-dealkylation sites (N-methyl/N-ethyl adjacent to an activating group) is 1. The van der Waals surface area contributed by atoms with Crippen molar-refractivity contribution in [2.24, 2.45) is 0 Å². The normalized spacial score (nSPS) is 10.2. The largest absolute Gasteiger partial charge is 0.483 e. The maximum absolute atomic E-state index is 13.1. The predicted octanol–water partition coefficient (Wildman–Crippen LogP) is 2.76. The van der Waals surface area contributed by atoms with Gasteiger partial charge in [-0.15, -0.1) is 0 Å². The summed E-state index contributed by atoms with van der Waals surface area (Å²) in [6.07, 6.45) is 0. The van der Waals surface area contributed by atoms with Crippen LogP contribution in [0.25, 0.3) is 0 Å². The average molecular weight is 288 g/mol. The molecule has 0 spiro atoms. The van der Waals surface area contributed by atoms with E-state index in [0.717, 1.165) is 5.56 Å². The van der Waals surface area contributed by atoms with Crippen molar-refractivity contribution in [1.82, 2.24) is 0 Å². The first-order chi connectivity index (χ1) is 9.97. The minimum absolute atomic E-state index is 0.162. The van der Waals surface area contributed by atoms with Crippen LogP contribution in [-0.2, 0) is 4.79 Å². The number of carbonyl (C=O) groups is 1. The molecular formula is C16H17FN2O2. The van der Waals surface area contributed by atoms with Gasteiger partial charge in [-0.2, -0.15) is 0 Å². The van der Waals surface area contributed by atoms with E-state index in [0.29, 0.717) is 17.1 Å². The highest BCUT2D eigenvalue weighted by Gasteiger charge is 2.12. The fourth-order valence-corrected chi connectivity index (χ4v) is 1.81. The number of nitrogen functional groups attached to an aromatic ring is 1. The van der Waals surface area contributed by atoms with Gasteiger partial charge in [-0.25, -0.2) is 4.39 Å². The molecule has 0 saturated heterocycles. The summed E-state index contributed by atoms with van der Waals surface area (Å²) in [7, 11) is 1.65. The highest BCUT2D eigenvalue weighted by molar-refractivity contribution is 5.94. The number of carbonyl (C=O) groups excluding carboxylic acids is 1. The molecule has 110 valence electrons. The number of ether oxygens (including phenoxy) is 1. The van der Waals surface area contributed by atoms with Crippen molar-refractivity contribution in [2.45, 2.75) is 6.92 Å². The van der Waals surface area contributed by atoms with Gasteiger partial charge in [-0.3, -0.25) is 4.79 Å². The van der Waals surface area contributed by atoms with Crippen LogP contribution in [0.3, 0.4) is 0 Å². The van der Waals surface area contributed by atoms with Crippen LogP contribution in [0.15, 0.2) is 42.5 Å². The van der Waals surface area contributed by atoms with Crippen molar-refractivity contribution in [1.29, 1.82) is 0 Å². The van der Waals surface area contributed by atoms with E-state index in [1.54, 1.807) is 44.3 Å². The molecule has 2 aromatic rings. The maximum atomic E-state index is 13.1. The summed E-state index contributed by atoms with van der Waals surface area (Å²) < 4.78 is 18.5. The van der Waals surface area contributed by atoms with E-state index in [1.165, 1.54) is 17.0 Å². The van der Waals surface area contributed by atoms with E-state index in [4.69, 9.17) is 10.5 Å². The smallest absolute Gasteiger partial charge is 0.264 e. The number of anilines is 2. The summed E-state index contributed by atoms with van der Waals surface area (Å²) in [5, 5.41) is 0. The van der Waals surface area contributed by atoms with Crippen LogP contribution in [-0.4, -0.2) is 19.6 Å². The number of benzene rings is 2. The fraction of sp³-hybridized carbons (Fsp3) is 0.188. The van der Waals surface area contributed by atoms with Crippen LogP contribution >= 0.6 is 0 Å². The Morgan fingerprint density at radius 1 is 1.24 bits per heavy atom. The Hall–Kier alpha value is -2.56. The summed E-state index contributed by atoms with van der Waals surface area (Å²) in [5.74, 6) is -0.257. The number of nitrogens with two attached hydrogens (primary N) is 1. The fourth-order valence-electron chi connectivity index (χ4n) is 1.81. The van der Waals surface area contributed by atoms with E-state index < -0.39 is 5.82 Å². The van der Waals surface area contributed by atoms with Gasteiger partial charge in [-0.1, -0.05) is 6.07 Å².